The van der Waals surface area contributed by atoms with E-state index in [0.29, 0.717) is 11.8 Å². The SMILES string of the molecule is Cc1ccccc1NC(=O)CSc1nnc(NC(C)C)s1. The lowest BCUT2D eigenvalue weighted by atomic mass is 10.2. The quantitative estimate of drug-likeness (QED) is 0.798. The zero-order chi connectivity index (χ0) is 15.2. The van der Waals surface area contributed by atoms with Gasteiger partial charge in [0, 0.05) is 11.7 Å². The average Bonchev–Trinajstić information content (AvgIpc) is 2.86. The maximum atomic E-state index is 11.9. The van der Waals surface area contributed by atoms with Crippen LogP contribution in [0.2, 0.25) is 0 Å². The fraction of sp³-hybridized carbons (Fsp3) is 0.357. The second kappa shape index (κ2) is 7.42. The molecule has 0 spiro atoms. The van der Waals surface area contributed by atoms with Crippen LogP contribution in [0.4, 0.5) is 10.8 Å². The molecule has 21 heavy (non-hydrogen) atoms. The van der Waals surface area contributed by atoms with Gasteiger partial charge in [0.2, 0.25) is 11.0 Å². The lowest BCUT2D eigenvalue weighted by molar-refractivity contribution is -0.113. The number of thioether (sulfide) groups is 1. The third-order valence-corrected chi connectivity index (χ3v) is 4.55. The Bertz CT molecular complexity index is 613. The molecule has 1 aromatic heterocycles. The molecule has 1 heterocycles. The van der Waals surface area contributed by atoms with Crippen molar-refractivity contribution < 1.29 is 4.79 Å². The molecule has 2 N–H and O–H groups in total. The molecule has 0 unspecified atom stereocenters. The van der Waals surface area contributed by atoms with Gasteiger partial charge in [-0.15, -0.1) is 10.2 Å². The first-order valence-electron chi connectivity index (χ1n) is 6.63. The standard InChI is InChI=1S/C14H18N4OS2/c1-9(2)15-13-17-18-14(21-13)20-8-12(19)16-11-7-5-4-6-10(11)3/h4-7,9H,8H2,1-3H3,(H,15,17)(H,16,19). The predicted octanol–water partition coefficient (Wildman–Crippen LogP) is 3.40. The van der Waals surface area contributed by atoms with E-state index in [2.05, 4.69) is 20.8 Å². The Morgan fingerprint density at radius 2 is 2.10 bits per heavy atom. The Balaban J connectivity index is 1.84. The van der Waals surface area contributed by atoms with Crippen molar-refractivity contribution in [2.45, 2.75) is 31.2 Å². The first kappa shape index (κ1) is 15.8. The molecule has 0 saturated carbocycles. The summed E-state index contributed by atoms with van der Waals surface area (Å²) < 4.78 is 0.790. The van der Waals surface area contributed by atoms with Crippen molar-refractivity contribution in [1.82, 2.24) is 10.2 Å². The summed E-state index contributed by atoms with van der Waals surface area (Å²) in [5, 5.41) is 15.0. The normalized spacial score (nSPS) is 10.7. The van der Waals surface area contributed by atoms with E-state index in [1.54, 1.807) is 0 Å². The van der Waals surface area contributed by atoms with Crippen LogP contribution in [0, 0.1) is 6.92 Å². The molecule has 0 aliphatic carbocycles. The van der Waals surface area contributed by atoms with Gasteiger partial charge in [-0.1, -0.05) is 41.3 Å². The highest BCUT2D eigenvalue weighted by Crippen LogP contribution is 2.26. The molecule has 112 valence electrons. The summed E-state index contributed by atoms with van der Waals surface area (Å²) in [7, 11) is 0. The number of hydrogen-bond acceptors (Lipinski definition) is 6. The van der Waals surface area contributed by atoms with Crippen LogP contribution in [0.5, 0.6) is 0 Å². The highest BCUT2D eigenvalue weighted by Gasteiger charge is 2.09. The van der Waals surface area contributed by atoms with E-state index in [4.69, 9.17) is 0 Å². The van der Waals surface area contributed by atoms with E-state index >= 15 is 0 Å². The lowest BCUT2D eigenvalue weighted by Gasteiger charge is -2.06. The van der Waals surface area contributed by atoms with E-state index in [1.807, 2.05) is 45.0 Å². The fourth-order valence-electron chi connectivity index (χ4n) is 1.60. The zero-order valence-corrected chi connectivity index (χ0v) is 13.8. The smallest absolute Gasteiger partial charge is 0.234 e. The van der Waals surface area contributed by atoms with Crippen LogP contribution in [-0.4, -0.2) is 27.9 Å². The Kier molecular flexibility index (Phi) is 5.58. The van der Waals surface area contributed by atoms with Crippen LogP contribution in [-0.2, 0) is 4.79 Å². The molecule has 7 heteroatoms. The molecule has 2 aromatic rings. The molecule has 0 fully saturated rings. The van der Waals surface area contributed by atoms with Crippen molar-refractivity contribution in [2.75, 3.05) is 16.4 Å². The van der Waals surface area contributed by atoms with Crippen molar-refractivity contribution in [1.29, 1.82) is 0 Å². The number of nitrogens with zero attached hydrogens (tertiary/aromatic N) is 2. The molecule has 2 rings (SSSR count). The topological polar surface area (TPSA) is 66.9 Å². The number of aromatic nitrogens is 2. The van der Waals surface area contributed by atoms with E-state index in [-0.39, 0.29) is 5.91 Å². The maximum Gasteiger partial charge on any atom is 0.234 e. The van der Waals surface area contributed by atoms with Crippen LogP contribution in [0.3, 0.4) is 0 Å². The highest BCUT2D eigenvalue weighted by molar-refractivity contribution is 8.01. The van der Waals surface area contributed by atoms with Crippen LogP contribution >= 0.6 is 23.1 Å². The number of anilines is 2. The third kappa shape index (κ3) is 5.02. The summed E-state index contributed by atoms with van der Waals surface area (Å²) in [4.78, 5) is 11.9. The molecule has 0 bridgehead atoms. The van der Waals surface area contributed by atoms with Gasteiger partial charge in [0.15, 0.2) is 4.34 Å². The van der Waals surface area contributed by atoms with E-state index in [1.165, 1.54) is 23.1 Å². The number of rotatable bonds is 6. The molecule has 0 aliphatic rings. The van der Waals surface area contributed by atoms with Crippen molar-refractivity contribution in [3.63, 3.8) is 0 Å². The second-order valence-corrected chi connectivity index (χ2v) is 7.02. The van der Waals surface area contributed by atoms with Crippen molar-refractivity contribution in [3.05, 3.63) is 29.8 Å². The number of benzene rings is 1. The molecular weight excluding hydrogens is 304 g/mol. The zero-order valence-electron chi connectivity index (χ0n) is 12.2. The van der Waals surface area contributed by atoms with E-state index < -0.39 is 0 Å². The number of carbonyl (C=O) groups is 1. The highest BCUT2D eigenvalue weighted by atomic mass is 32.2. The minimum Gasteiger partial charge on any atom is -0.358 e. The predicted molar refractivity (Wildman–Crippen MR) is 89.2 cm³/mol. The maximum absolute atomic E-state index is 11.9. The van der Waals surface area contributed by atoms with Gasteiger partial charge in [-0.05, 0) is 32.4 Å². The lowest BCUT2D eigenvalue weighted by Crippen LogP contribution is -2.14. The van der Waals surface area contributed by atoms with Gasteiger partial charge in [-0.3, -0.25) is 4.79 Å². The largest absolute Gasteiger partial charge is 0.358 e. The van der Waals surface area contributed by atoms with Gasteiger partial charge in [0.1, 0.15) is 0 Å². The van der Waals surface area contributed by atoms with Crippen LogP contribution in [0.25, 0.3) is 0 Å². The summed E-state index contributed by atoms with van der Waals surface area (Å²) in [6.07, 6.45) is 0. The molecule has 5 nitrogen and oxygen atoms in total. The molecule has 0 aliphatic heterocycles. The first-order chi connectivity index (χ1) is 10.0. The Morgan fingerprint density at radius 3 is 2.81 bits per heavy atom. The van der Waals surface area contributed by atoms with Crippen LogP contribution in [0.15, 0.2) is 28.6 Å². The minimum atomic E-state index is -0.0390. The number of aryl methyl sites for hydroxylation is 1. The molecule has 0 saturated heterocycles. The summed E-state index contributed by atoms with van der Waals surface area (Å²) in [6, 6.07) is 8.04. The van der Waals surface area contributed by atoms with Gasteiger partial charge in [-0.2, -0.15) is 0 Å². The average molecular weight is 322 g/mol. The molecule has 0 radical (unpaired) electrons. The number of amides is 1. The van der Waals surface area contributed by atoms with E-state index in [9.17, 15) is 4.79 Å². The number of carbonyl (C=O) groups excluding carboxylic acids is 1. The summed E-state index contributed by atoms with van der Waals surface area (Å²) in [5.74, 6) is 0.285. The molecule has 0 atom stereocenters. The Morgan fingerprint density at radius 1 is 1.33 bits per heavy atom. The van der Waals surface area contributed by atoms with Crippen molar-refractivity contribution in [3.8, 4) is 0 Å². The van der Waals surface area contributed by atoms with E-state index in [0.717, 1.165) is 20.7 Å². The number of para-hydroxylation sites is 1. The monoisotopic (exact) mass is 322 g/mol. The van der Waals surface area contributed by atoms with Gasteiger partial charge >= 0.3 is 0 Å². The molecular formula is C14H18N4OS2. The summed E-state index contributed by atoms with van der Waals surface area (Å²) in [5.41, 5.74) is 1.90. The molecule has 1 aromatic carbocycles. The van der Waals surface area contributed by atoms with Crippen LogP contribution < -0.4 is 10.6 Å². The third-order valence-electron chi connectivity index (χ3n) is 2.56. The van der Waals surface area contributed by atoms with Gasteiger partial charge in [-0.25, -0.2) is 0 Å². The fourth-order valence-corrected chi connectivity index (χ4v) is 3.30. The summed E-state index contributed by atoms with van der Waals surface area (Å²) in [6.45, 7) is 6.06. The first-order valence-corrected chi connectivity index (χ1v) is 8.43. The number of hydrogen-bond donors (Lipinski definition) is 2. The van der Waals surface area contributed by atoms with Gasteiger partial charge in [0.25, 0.3) is 0 Å². The minimum absolute atomic E-state index is 0.0390. The summed E-state index contributed by atoms with van der Waals surface area (Å²) >= 11 is 2.86. The van der Waals surface area contributed by atoms with Crippen molar-refractivity contribution >= 4 is 39.8 Å². The van der Waals surface area contributed by atoms with Gasteiger partial charge in [0.05, 0.1) is 5.75 Å². The molecule has 1 amide bonds. The van der Waals surface area contributed by atoms with Gasteiger partial charge < -0.3 is 10.6 Å². The second-order valence-electron chi connectivity index (χ2n) is 4.82. The Labute approximate surface area is 132 Å². The van der Waals surface area contributed by atoms with Crippen molar-refractivity contribution in [2.24, 2.45) is 0 Å². The number of nitrogens with one attached hydrogen (secondary N) is 2. The van der Waals surface area contributed by atoms with Crippen LogP contribution in [0.1, 0.15) is 19.4 Å². The Hall–Kier alpha value is -1.60.